The number of carbonyl (C=O) groups excluding carboxylic acids is 2. The van der Waals surface area contributed by atoms with Crippen LogP contribution in [0.2, 0.25) is 0 Å². The van der Waals surface area contributed by atoms with E-state index in [9.17, 15) is 9.59 Å². The number of amides is 3. The average molecular weight is 447 g/mol. The van der Waals surface area contributed by atoms with Crippen LogP contribution in [-0.4, -0.2) is 77.6 Å². The number of urea groups is 1. The second-order valence-corrected chi connectivity index (χ2v) is 9.87. The van der Waals surface area contributed by atoms with Crippen molar-refractivity contribution in [2.75, 3.05) is 38.5 Å². The predicted octanol–water partition coefficient (Wildman–Crippen LogP) is 2.46. The molecule has 8 heteroatoms. The maximum absolute atomic E-state index is 12.6. The first kappa shape index (κ1) is 22.3. The highest BCUT2D eigenvalue weighted by Gasteiger charge is 2.42. The molecule has 3 aliphatic heterocycles. The smallest absolute Gasteiger partial charge is 0.315 e. The summed E-state index contributed by atoms with van der Waals surface area (Å²) in [5.74, 6) is 2.19. The van der Waals surface area contributed by atoms with E-state index in [0.717, 1.165) is 63.5 Å². The molecule has 3 aliphatic rings. The third kappa shape index (κ3) is 5.86. The highest BCUT2D eigenvalue weighted by atomic mass is 32.2. The minimum absolute atomic E-state index is 0.0304. The molecule has 3 amide bonds. The van der Waals surface area contributed by atoms with Crippen LogP contribution in [0.4, 0.5) is 4.79 Å². The first-order valence-electron chi connectivity index (χ1n) is 11.5. The van der Waals surface area contributed by atoms with Crippen LogP contribution in [0.15, 0.2) is 24.3 Å². The Kier molecular flexibility index (Phi) is 7.61. The van der Waals surface area contributed by atoms with Crippen molar-refractivity contribution < 1.29 is 14.3 Å². The lowest BCUT2D eigenvalue weighted by Gasteiger charge is -2.35. The van der Waals surface area contributed by atoms with Gasteiger partial charge < -0.3 is 20.3 Å². The molecule has 0 radical (unpaired) electrons. The number of nitrogens with one attached hydrogen (secondary N) is 2. The number of hydrogen-bond acceptors (Lipinski definition) is 5. The Morgan fingerprint density at radius 3 is 2.65 bits per heavy atom. The van der Waals surface area contributed by atoms with Gasteiger partial charge in [0.05, 0.1) is 18.7 Å². The van der Waals surface area contributed by atoms with E-state index in [1.54, 1.807) is 0 Å². The molecule has 1 aromatic rings. The lowest BCUT2D eigenvalue weighted by atomic mass is 10.0. The Morgan fingerprint density at radius 2 is 1.90 bits per heavy atom. The van der Waals surface area contributed by atoms with Gasteiger partial charge in [-0.3, -0.25) is 9.69 Å². The van der Waals surface area contributed by atoms with E-state index in [2.05, 4.69) is 27.7 Å². The van der Waals surface area contributed by atoms with E-state index in [0.29, 0.717) is 18.3 Å². The molecule has 1 aromatic carbocycles. The Morgan fingerprint density at radius 1 is 1.13 bits per heavy atom. The second kappa shape index (κ2) is 10.6. The van der Waals surface area contributed by atoms with Crippen LogP contribution in [-0.2, 0) is 11.3 Å². The van der Waals surface area contributed by atoms with Crippen molar-refractivity contribution in [3.63, 3.8) is 0 Å². The van der Waals surface area contributed by atoms with Gasteiger partial charge in [-0.15, -0.1) is 0 Å². The first-order valence-corrected chi connectivity index (χ1v) is 12.6. The molecular formula is C23H34N4O3S. The number of nitrogens with zero attached hydrogens (tertiary/aromatic N) is 2. The van der Waals surface area contributed by atoms with Gasteiger partial charge in [-0.2, -0.15) is 11.8 Å². The first-order chi connectivity index (χ1) is 15.1. The van der Waals surface area contributed by atoms with E-state index < -0.39 is 0 Å². The summed E-state index contributed by atoms with van der Waals surface area (Å²) in [5, 5.41) is 6.50. The average Bonchev–Trinajstić information content (AvgIpc) is 3.32. The van der Waals surface area contributed by atoms with Crippen molar-refractivity contribution in [3.05, 3.63) is 29.8 Å². The summed E-state index contributed by atoms with van der Waals surface area (Å²) in [6.45, 7) is 7.07. The van der Waals surface area contributed by atoms with Crippen LogP contribution in [0.3, 0.4) is 0 Å². The fraction of sp³-hybridized carbons (Fsp3) is 0.652. The molecule has 0 aliphatic carbocycles. The lowest BCUT2D eigenvalue weighted by Crippen LogP contribution is -2.48. The Bertz CT molecular complexity index is 752. The van der Waals surface area contributed by atoms with Gasteiger partial charge >= 0.3 is 6.03 Å². The van der Waals surface area contributed by atoms with Crippen molar-refractivity contribution in [2.24, 2.45) is 0 Å². The highest BCUT2D eigenvalue weighted by Crippen LogP contribution is 2.33. The molecule has 3 atom stereocenters. The Hall–Kier alpha value is -1.93. The molecule has 0 saturated carbocycles. The zero-order chi connectivity index (χ0) is 21.6. The summed E-state index contributed by atoms with van der Waals surface area (Å²) in [7, 11) is 0. The van der Waals surface area contributed by atoms with Crippen LogP contribution in [0, 0.1) is 0 Å². The number of carbonyl (C=O) groups is 2. The molecule has 0 unspecified atom stereocenters. The minimum Gasteiger partial charge on any atom is -0.494 e. The standard InChI is InChI=1S/C23H34N4O3S/c1-2-30-18-9-7-17(8-10-18)15-26-11-13-27(14-12-26)21(28)6-4-3-5-20-22-19(16-31-20)24-23(29)25-22/h7-10,19-20,22H,2-6,11-16H2,1H3,(H2,24,25,29)/t19-,20+,22+/m1/s1. The van der Waals surface area contributed by atoms with Crippen molar-refractivity contribution in [3.8, 4) is 5.75 Å². The summed E-state index contributed by atoms with van der Waals surface area (Å²) < 4.78 is 5.50. The molecule has 4 rings (SSSR count). The van der Waals surface area contributed by atoms with Gasteiger partial charge in [-0.1, -0.05) is 18.6 Å². The third-order valence-electron chi connectivity index (χ3n) is 6.43. The topological polar surface area (TPSA) is 73.9 Å². The molecule has 170 valence electrons. The van der Waals surface area contributed by atoms with E-state index in [4.69, 9.17) is 4.74 Å². The Labute approximate surface area is 189 Å². The summed E-state index contributed by atoms with van der Waals surface area (Å²) in [5.41, 5.74) is 1.28. The van der Waals surface area contributed by atoms with E-state index in [1.165, 1.54) is 5.56 Å². The van der Waals surface area contributed by atoms with Gasteiger partial charge in [0, 0.05) is 50.1 Å². The number of benzene rings is 1. The van der Waals surface area contributed by atoms with Crippen LogP contribution < -0.4 is 15.4 Å². The molecule has 0 aromatic heterocycles. The van der Waals surface area contributed by atoms with E-state index in [-0.39, 0.29) is 24.0 Å². The number of hydrogen-bond donors (Lipinski definition) is 2. The van der Waals surface area contributed by atoms with Crippen LogP contribution in [0.5, 0.6) is 5.75 Å². The molecule has 0 spiro atoms. The molecular weight excluding hydrogens is 412 g/mol. The quantitative estimate of drug-likeness (QED) is 0.450. The summed E-state index contributed by atoms with van der Waals surface area (Å²) in [6.07, 6.45) is 3.67. The molecule has 3 saturated heterocycles. The predicted molar refractivity (Wildman–Crippen MR) is 123 cm³/mol. The molecule has 31 heavy (non-hydrogen) atoms. The zero-order valence-corrected chi connectivity index (χ0v) is 19.2. The number of unbranched alkanes of at least 4 members (excludes halogenated alkanes) is 1. The van der Waals surface area contributed by atoms with Crippen molar-refractivity contribution in [2.45, 2.75) is 56.5 Å². The van der Waals surface area contributed by atoms with Crippen LogP contribution in [0.25, 0.3) is 0 Å². The number of ether oxygens (including phenoxy) is 1. The lowest BCUT2D eigenvalue weighted by molar-refractivity contribution is -0.133. The van der Waals surface area contributed by atoms with Crippen LogP contribution in [0.1, 0.15) is 38.2 Å². The van der Waals surface area contributed by atoms with Crippen molar-refractivity contribution in [1.29, 1.82) is 0 Å². The number of piperazine rings is 1. The number of rotatable bonds is 9. The normalized spacial score (nSPS) is 25.8. The van der Waals surface area contributed by atoms with Gasteiger partial charge in [-0.05, 0) is 37.5 Å². The zero-order valence-electron chi connectivity index (χ0n) is 18.3. The maximum atomic E-state index is 12.6. The monoisotopic (exact) mass is 446 g/mol. The molecule has 3 heterocycles. The SMILES string of the molecule is CCOc1ccc(CN2CCN(C(=O)CCCC[C@@H]3SC[C@H]4NC(=O)N[C@H]34)CC2)cc1. The molecule has 0 bridgehead atoms. The summed E-state index contributed by atoms with van der Waals surface area (Å²) in [4.78, 5) is 28.5. The molecule has 3 fully saturated rings. The van der Waals surface area contributed by atoms with Crippen molar-refractivity contribution >= 4 is 23.7 Å². The third-order valence-corrected chi connectivity index (χ3v) is 7.94. The maximum Gasteiger partial charge on any atom is 0.315 e. The fourth-order valence-corrected chi connectivity index (χ4v) is 6.24. The summed E-state index contributed by atoms with van der Waals surface area (Å²) in [6, 6.07) is 8.82. The largest absolute Gasteiger partial charge is 0.494 e. The van der Waals surface area contributed by atoms with Gasteiger partial charge in [0.25, 0.3) is 0 Å². The molecule has 2 N–H and O–H groups in total. The van der Waals surface area contributed by atoms with Gasteiger partial charge in [-0.25, -0.2) is 4.79 Å². The second-order valence-electron chi connectivity index (χ2n) is 8.60. The van der Waals surface area contributed by atoms with Gasteiger partial charge in [0.2, 0.25) is 5.91 Å². The van der Waals surface area contributed by atoms with Gasteiger partial charge in [0.15, 0.2) is 0 Å². The molecule has 7 nitrogen and oxygen atoms in total. The van der Waals surface area contributed by atoms with E-state index in [1.807, 2.05) is 35.7 Å². The minimum atomic E-state index is -0.0304. The van der Waals surface area contributed by atoms with Gasteiger partial charge in [0.1, 0.15) is 5.75 Å². The van der Waals surface area contributed by atoms with E-state index >= 15 is 0 Å². The summed E-state index contributed by atoms with van der Waals surface area (Å²) >= 11 is 1.94. The fourth-order valence-electron chi connectivity index (χ4n) is 4.69. The number of thioether (sulfide) groups is 1. The Balaban J connectivity index is 1.11. The van der Waals surface area contributed by atoms with Crippen LogP contribution >= 0.6 is 11.8 Å². The highest BCUT2D eigenvalue weighted by molar-refractivity contribution is 8.00. The number of fused-ring (bicyclic) bond motifs is 1. The van der Waals surface area contributed by atoms with Crippen molar-refractivity contribution in [1.82, 2.24) is 20.4 Å².